The monoisotopic (exact) mass is 335 g/mol. The molecule has 3 rings (SSSR count). The average Bonchev–Trinajstić information content (AvgIpc) is 2.88. The van der Waals surface area contributed by atoms with E-state index in [2.05, 4.69) is 5.10 Å². The Balaban J connectivity index is 2.09. The standard InChI is InChI=1S/C15H11Cl2N3O2/c16-10-6-5-9(12(17)7-10)8-20-13-4-2-1-3-11(13)14(18-20)15(21)19-22/h1-7,22H,8H2,(H,19,21). The zero-order chi connectivity index (χ0) is 15.7. The zero-order valence-electron chi connectivity index (χ0n) is 11.3. The highest BCUT2D eigenvalue weighted by atomic mass is 35.5. The molecule has 1 aromatic heterocycles. The van der Waals surface area contributed by atoms with Crippen LogP contribution < -0.4 is 5.48 Å². The highest BCUT2D eigenvalue weighted by molar-refractivity contribution is 6.35. The first-order valence-corrected chi connectivity index (χ1v) is 7.19. The van der Waals surface area contributed by atoms with E-state index in [0.29, 0.717) is 22.0 Å². The van der Waals surface area contributed by atoms with Crippen molar-refractivity contribution in [3.63, 3.8) is 0 Å². The molecule has 0 radical (unpaired) electrons. The molecule has 0 aliphatic heterocycles. The van der Waals surface area contributed by atoms with Crippen molar-refractivity contribution in [3.8, 4) is 0 Å². The molecule has 1 heterocycles. The van der Waals surface area contributed by atoms with Crippen LogP contribution in [0.3, 0.4) is 0 Å². The number of amides is 1. The summed E-state index contributed by atoms with van der Waals surface area (Å²) in [5.74, 6) is -0.655. The fourth-order valence-electron chi connectivity index (χ4n) is 2.28. The number of rotatable bonds is 3. The predicted octanol–water partition coefficient (Wildman–Crippen LogP) is 3.51. The number of hydrogen-bond donors (Lipinski definition) is 2. The van der Waals surface area contributed by atoms with Crippen LogP contribution in [0.25, 0.3) is 10.9 Å². The van der Waals surface area contributed by atoms with Gasteiger partial charge in [0.25, 0.3) is 5.91 Å². The van der Waals surface area contributed by atoms with E-state index in [1.807, 2.05) is 18.2 Å². The Morgan fingerprint density at radius 1 is 1.23 bits per heavy atom. The number of para-hydroxylation sites is 1. The summed E-state index contributed by atoms with van der Waals surface area (Å²) < 4.78 is 1.66. The maximum absolute atomic E-state index is 11.7. The Kier molecular flexibility index (Phi) is 4.02. The van der Waals surface area contributed by atoms with E-state index in [1.165, 1.54) is 0 Å². The molecule has 3 aromatic rings. The fourth-order valence-corrected chi connectivity index (χ4v) is 2.75. The van der Waals surface area contributed by atoms with Crippen LogP contribution in [0.1, 0.15) is 16.1 Å². The van der Waals surface area contributed by atoms with E-state index in [1.54, 1.807) is 34.4 Å². The van der Waals surface area contributed by atoms with Crippen LogP contribution in [0.15, 0.2) is 42.5 Å². The number of nitrogens with zero attached hydrogens (tertiary/aromatic N) is 2. The lowest BCUT2D eigenvalue weighted by atomic mass is 10.2. The maximum atomic E-state index is 11.7. The number of aromatic nitrogens is 2. The molecule has 0 fully saturated rings. The maximum Gasteiger partial charge on any atom is 0.295 e. The number of carbonyl (C=O) groups is 1. The smallest absolute Gasteiger partial charge is 0.288 e. The first-order valence-electron chi connectivity index (χ1n) is 6.44. The van der Waals surface area contributed by atoms with Gasteiger partial charge in [-0.3, -0.25) is 14.7 Å². The van der Waals surface area contributed by atoms with Crippen LogP contribution in [-0.2, 0) is 6.54 Å². The number of carbonyl (C=O) groups excluding carboxylic acids is 1. The van der Waals surface area contributed by atoms with Crippen molar-refractivity contribution < 1.29 is 10.0 Å². The summed E-state index contributed by atoms with van der Waals surface area (Å²) in [6.45, 7) is 0.384. The summed E-state index contributed by atoms with van der Waals surface area (Å²) in [4.78, 5) is 11.7. The van der Waals surface area contributed by atoms with Crippen molar-refractivity contribution in [1.82, 2.24) is 15.3 Å². The van der Waals surface area contributed by atoms with Gasteiger partial charge in [-0.2, -0.15) is 5.10 Å². The lowest BCUT2D eigenvalue weighted by molar-refractivity contribution is 0.0701. The SMILES string of the molecule is O=C(NO)c1nn(Cc2ccc(Cl)cc2Cl)c2ccccc12. The largest absolute Gasteiger partial charge is 0.295 e. The number of hydrogen-bond acceptors (Lipinski definition) is 3. The number of fused-ring (bicyclic) bond motifs is 1. The minimum Gasteiger partial charge on any atom is -0.288 e. The van der Waals surface area contributed by atoms with Gasteiger partial charge in [0.2, 0.25) is 0 Å². The predicted molar refractivity (Wildman–Crippen MR) is 84.5 cm³/mol. The molecule has 0 aliphatic rings. The zero-order valence-corrected chi connectivity index (χ0v) is 12.8. The summed E-state index contributed by atoms with van der Waals surface area (Å²) >= 11 is 12.1. The summed E-state index contributed by atoms with van der Waals surface area (Å²) in [5.41, 5.74) is 3.37. The molecule has 0 bridgehead atoms. The van der Waals surface area contributed by atoms with Crippen LogP contribution in [0.4, 0.5) is 0 Å². The van der Waals surface area contributed by atoms with Crippen molar-refractivity contribution in [2.24, 2.45) is 0 Å². The molecular weight excluding hydrogens is 325 g/mol. The Labute approximate surface area is 136 Å². The molecule has 2 aromatic carbocycles. The highest BCUT2D eigenvalue weighted by Gasteiger charge is 2.17. The third-order valence-corrected chi connectivity index (χ3v) is 3.90. The number of benzene rings is 2. The highest BCUT2D eigenvalue weighted by Crippen LogP contribution is 2.24. The first-order chi connectivity index (χ1) is 10.6. The molecule has 5 nitrogen and oxygen atoms in total. The van der Waals surface area contributed by atoms with E-state index in [9.17, 15) is 4.79 Å². The van der Waals surface area contributed by atoms with Gasteiger partial charge in [0.1, 0.15) is 0 Å². The third kappa shape index (κ3) is 2.66. The van der Waals surface area contributed by atoms with E-state index in [4.69, 9.17) is 28.4 Å². The first kappa shape index (κ1) is 14.8. The summed E-state index contributed by atoms with van der Waals surface area (Å²) in [6.07, 6.45) is 0. The van der Waals surface area contributed by atoms with Crippen molar-refractivity contribution in [1.29, 1.82) is 0 Å². The van der Waals surface area contributed by atoms with Crippen LogP contribution >= 0.6 is 23.2 Å². The molecule has 112 valence electrons. The molecular formula is C15H11Cl2N3O2. The quantitative estimate of drug-likeness (QED) is 0.568. The Morgan fingerprint density at radius 3 is 2.73 bits per heavy atom. The molecule has 0 aliphatic carbocycles. The van der Waals surface area contributed by atoms with E-state index in [0.717, 1.165) is 11.1 Å². The van der Waals surface area contributed by atoms with Crippen molar-refractivity contribution in [3.05, 3.63) is 63.8 Å². The van der Waals surface area contributed by atoms with Crippen LogP contribution in [0, 0.1) is 0 Å². The molecule has 1 amide bonds. The number of hydroxylamine groups is 1. The van der Waals surface area contributed by atoms with Crippen LogP contribution in [-0.4, -0.2) is 20.9 Å². The molecule has 0 atom stereocenters. The second-order valence-electron chi connectivity index (χ2n) is 4.70. The van der Waals surface area contributed by atoms with Gasteiger partial charge in [-0.1, -0.05) is 47.5 Å². The minimum absolute atomic E-state index is 0.156. The molecule has 22 heavy (non-hydrogen) atoms. The van der Waals surface area contributed by atoms with Crippen LogP contribution in [0.2, 0.25) is 10.0 Å². The van der Waals surface area contributed by atoms with Crippen LogP contribution in [0.5, 0.6) is 0 Å². The third-order valence-electron chi connectivity index (χ3n) is 3.31. The van der Waals surface area contributed by atoms with Gasteiger partial charge in [0.05, 0.1) is 12.1 Å². The second kappa shape index (κ2) is 5.96. The van der Waals surface area contributed by atoms with Gasteiger partial charge in [-0.25, -0.2) is 5.48 Å². The van der Waals surface area contributed by atoms with Gasteiger partial charge < -0.3 is 0 Å². The molecule has 0 saturated heterocycles. The van der Waals surface area contributed by atoms with Crippen molar-refractivity contribution in [2.45, 2.75) is 6.54 Å². The Bertz CT molecular complexity index is 861. The molecule has 7 heteroatoms. The molecule has 0 saturated carbocycles. The Morgan fingerprint density at radius 2 is 2.00 bits per heavy atom. The van der Waals surface area contributed by atoms with E-state index >= 15 is 0 Å². The van der Waals surface area contributed by atoms with E-state index in [-0.39, 0.29) is 5.69 Å². The number of nitrogens with one attached hydrogen (secondary N) is 1. The Hall–Kier alpha value is -2.08. The molecule has 0 unspecified atom stereocenters. The van der Waals surface area contributed by atoms with Gasteiger partial charge in [0, 0.05) is 15.4 Å². The minimum atomic E-state index is -0.655. The van der Waals surface area contributed by atoms with Gasteiger partial charge in [-0.15, -0.1) is 0 Å². The van der Waals surface area contributed by atoms with Gasteiger partial charge in [-0.05, 0) is 23.8 Å². The summed E-state index contributed by atoms with van der Waals surface area (Å²) in [7, 11) is 0. The average molecular weight is 336 g/mol. The van der Waals surface area contributed by atoms with Crippen molar-refractivity contribution >= 4 is 40.0 Å². The van der Waals surface area contributed by atoms with E-state index < -0.39 is 5.91 Å². The summed E-state index contributed by atoms with van der Waals surface area (Å²) in [6, 6.07) is 12.5. The summed E-state index contributed by atoms with van der Waals surface area (Å²) in [5, 5.41) is 14.8. The number of halogens is 2. The normalized spacial score (nSPS) is 10.9. The second-order valence-corrected chi connectivity index (χ2v) is 5.54. The molecule has 2 N–H and O–H groups in total. The van der Waals surface area contributed by atoms with Gasteiger partial charge in [0.15, 0.2) is 5.69 Å². The van der Waals surface area contributed by atoms with Gasteiger partial charge >= 0.3 is 0 Å². The fraction of sp³-hybridized carbons (Fsp3) is 0.0667. The lowest BCUT2D eigenvalue weighted by Gasteiger charge is -2.06. The molecule has 0 spiro atoms. The topological polar surface area (TPSA) is 67.2 Å². The van der Waals surface area contributed by atoms with Crippen molar-refractivity contribution in [2.75, 3.05) is 0 Å². The lowest BCUT2D eigenvalue weighted by Crippen LogP contribution is -2.19.